The Morgan fingerprint density at radius 2 is 2.27 bits per heavy atom. The summed E-state index contributed by atoms with van der Waals surface area (Å²) in [4.78, 5) is 8.85. The maximum absolute atomic E-state index is 5.58. The van der Waals surface area contributed by atoms with E-state index in [1.54, 1.807) is 6.20 Å². The van der Waals surface area contributed by atoms with Gasteiger partial charge in [-0.3, -0.25) is 4.98 Å². The molecule has 0 bridgehead atoms. The van der Waals surface area contributed by atoms with Gasteiger partial charge < -0.3 is 4.74 Å². The Bertz CT molecular complexity index is 385. The molecule has 1 aromatic heterocycles. The third-order valence-corrected chi connectivity index (χ3v) is 2.66. The van der Waals surface area contributed by atoms with Gasteiger partial charge in [-0.2, -0.15) is 0 Å². The fraction of sp³-hybridized carbons (Fsp3) is 0.500. The molecule has 1 aromatic rings. The van der Waals surface area contributed by atoms with E-state index in [0.717, 1.165) is 11.3 Å². The Hall–Kier alpha value is -1.38. The molecule has 2 rings (SSSR count). The van der Waals surface area contributed by atoms with Crippen molar-refractivity contribution in [1.82, 2.24) is 4.98 Å². The van der Waals surface area contributed by atoms with Crippen molar-refractivity contribution in [2.24, 2.45) is 10.9 Å². The number of aryl methyl sites for hydroxylation is 1. The summed E-state index contributed by atoms with van der Waals surface area (Å²) >= 11 is 0. The lowest BCUT2D eigenvalue weighted by molar-refractivity contribution is 0.291. The van der Waals surface area contributed by atoms with Crippen molar-refractivity contribution < 1.29 is 4.74 Å². The van der Waals surface area contributed by atoms with Crippen molar-refractivity contribution in [3.05, 3.63) is 29.6 Å². The van der Waals surface area contributed by atoms with Crippen molar-refractivity contribution in [3.8, 4) is 0 Å². The predicted molar refractivity (Wildman–Crippen MR) is 60.1 cm³/mol. The normalized spacial score (nSPS) is 20.3. The van der Waals surface area contributed by atoms with E-state index in [9.17, 15) is 0 Å². The minimum atomic E-state index is 0.279. The molecule has 0 saturated carbocycles. The Morgan fingerprint density at radius 3 is 2.87 bits per heavy atom. The van der Waals surface area contributed by atoms with Crippen LogP contribution < -0.4 is 0 Å². The summed E-state index contributed by atoms with van der Waals surface area (Å²) in [6, 6.07) is 4.23. The standard InChI is InChI=1S/C12H16N2O/c1-8(2)10-7-15-12(14-10)11-9(3)5-4-6-13-11/h4-6,8,10H,7H2,1-3H3. The molecule has 0 aliphatic carbocycles. The zero-order valence-electron chi connectivity index (χ0n) is 9.40. The van der Waals surface area contributed by atoms with Gasteiger partial charge in [0.05, 0.1) is 6.04 Å². The first-order valence-corrected chi connectivity index (χ1v) is 5.31. The Kier molecular flexibility index (Phi) is 2.71. The van der Waals surface area contributed by atoms with Gasteiger partial charge in [-0.05, 0) is 24.5 Å². The summed E-state index contributed by atoms with van der Waals surface area (Å²) in [6.07, 6.45) is 1.77. The Morgan fingerprint density at radius 1 is 1.47 bits per heavy atom. The maximum atomic E-state index is 5.58. The molecule has 3 nitrogen and oxygen atoms in total. The van der Waals surface area contributed by atoms with E-state index in [-0.39, 0.29) is 6.04 Å². The molecule has 1 unspecified atom stereocenters. The lowest BCUT2D eigenvalue weighted by Crippen LogP contribution is -2.13. The number of nitrogens with zero attached hydrogens (tertiary/aromatic N) is 2. The van der Waals surface area contributed by atoms with Gasteiger partial charge in [-0.15, -0.1) is 0 Å². The molecule has 0 saturated heterocycles. The predicted octanol–water partition coefficient (Wildman–Crippen LogP) is 2.19. The second kappa shape index (κ2) is 4.01. The summed E-state index contributed by atoms with van der Waals surface area (Å²) in [5, 5.41) is 0. The van der Waals surface area contributed by atoms with Gasteiger partial charge in [0.1, 0.15) is 12.3 Å². The lowest BCUT2D eigenvalue weighted by atomic mass is 10.1. The molecule has 1 aliphatic heterocycles. The van der Waals surface area contributed by atoms with Crippen LogP contribution >= 0.6 is 0 Å². The largest absolute Gasteiger partial charge is 0.474 e. The lowest BCUT2D eigenvalue weighted by Gasteiger charge is -2.06. The molecule has 0 fully saturated rings. The van der Waals surface area contributed by atoms with Crippen LogP contribution in [-0.2, 0) is 4.74 Å². The van der Waals surface area contributed by atoms with Crippen LogP contribution in [-0.4, -0.2) is 23.5 Å². The molecule has 0 spiro atoms. The van der Waals surface area contributed by atoms with E-state index >= 15 is 0 Å². The van der Waals surface area contributed by atoms with Crippen LogP contribution in [0.2, 0.25) is 0 Å². The first kappa shape index (κ1) is 10.1. The molecule has 0 radical (unpaired) electrons. The first-order chi connectivity index (χ1) is 7.18. The number of pyridine rings is 1. The summed E-state index contributed by atoms with van der Waals surface area (Å²) in [5.74, 6) is 1.22. The summed E-state index contributed by atoms with van der Waals surface area (Å²) in [5.41, 5.74) is 1.99. The van der Waals surface area contributed by atoms with E-state index in [0.29, 0.717) is 18.4 Å². The van der Waals surface area contributed by atoms with Crippen LogP contribution in [0.25, 0.3) is 0 Å². The van der Waals surface area contributed by atoms with Crippen LogP contribution in [0.1, 0.15) is 25.1 Å². The fourth-order valence-electron chi connectivity index (χ4n) is 1.57. The highest BCUT2D eigenvalue weighted by Crippen LogP contribution is 2.17. The Balaban J connectivity index is 2.27. The molecule has 3 heteroatoms. The second-order valence-electron chi connectivity index (χ2n) is 4.23. The number of ether oxygens (including phenoxy) is 1. The van der Waals surface area contributed by atoms with E-state index in [4.69, 9.17) is 4.74 Å². The summed E-state index contributed by atoms with van der Waals surface area (Å²) in [6.45, 7) is 7.03. The van der Waals surface area contributed by atoms with Crippen LogP contribution in [0.5, 0.6) is 0 Å². The van der Waals surface area contributed by atoms with Gasteiger partial charge in [0.15, 0.2) is 0 Å². The molecule has 0 N–H and O–H groups in total. The van der Waals surface area contributed by atoms with E-state index in [2.05, 4.69) is 23.8 Å². The first-order valence-electron chi connectivity index (χ1n) is 5.31. The highest BCUT2D eigenvalue weighted by molar-refractivity contribution is 5.94. The Labute approximate surface area is 90.2 Å². The highest BCUT2D eigenvalue weighted by atomic mass is 16.5. The number of hydrogen-bond donors (Lipinski definition) is 0. The van der Waals surface area contributed by atoms with Crippen LogP contribution in [0.15, 0.2) is 23.3 Å². The third kappa shape index (κ3) is 2.01. The number of aromatic nitrogens is 1. The minimum absolute atomic E-state index is 0.279. The van der Waals surface area contributed by atoms with E-state index < -0.39 is 0 Å². The second-order valence-corrected chi connectivity index (χ2v) is 4.23. The molecule has 1 aliphatic rings. The van der Waals surface area contributed by atoms with Gasteiger partial charge in [0, 0.05) is 6.20 Å². The van der Waals surface area contributed by atoms with Crippen LogP contribution in [0, 0.1) is 12.8 Å². The molecule has 0 amide bonds. The van der Waals surface area contributed by atoms with Gasteiger partial charge in [0.2, 0.25) is 5.90 Å². The number of hydrogen-bond acceptors (Lipinski definition) is 3. The van der Waals surface area contributed by atoms with Crippen molar-refractivity contribution in [2.75, 3.05) is 6.61 Å². The van der Waals surface area contributed by atoms with Gasteiger partial charge in [-0.25, -0.2) is 4.99 Å². The quantitative estimate of drug-likeness (QED) is 0.740. The number of rotatable bonds is 2. The third-order valence-electron chi connectivity index (χ3n) is 2.66. The molecular weight excluding hydrogens is 188 g/mol. The maximum Gasteiger partial charge on any atom is 0.236 e. The SMILES string of the molecule is Cc1cccnc1C1=NC(C(C)C)CO1. The monoisotopic (exact) mass is 204 g/mol. The van der Waals surface area contributed by atoms with Gasteiger partial charge in [-0.1, -0.05) is 19.9 Å². The topological polar surface area (TPSA) is 34.5 Å². The van der Waals surface area contributed by atoms with E-state index in [1.807, 2.05) is 19.1 Å². The summed E-state index contributed by atoms with van der Waals surface area (Å²) < 4.78 is 5.58. The average molecular weight is 204 g/mol. The molecule has 1 atom stereocenters. The average Bonchev–Trinajstić information content (AvgIpc) is 2.67. The highest BCUT2D eigenvalue weighted by Gasteiger charge is 2.24. The zero-order valence-corrected chi connectivity index (χ0v) is 9.40. The van der Waals surface area contributed by atoms with Gasteiger partial charge >= 0.3 is 0 Å². The zero-order chi connectivity index (χ0) is 10.8. The molecular formula is C12H16N2O. The van der Waals surface area contributed by atoms with Crippen molar-refractivity contribution in [3.63, 3.8) is 0 Å². The smallest absolute Gasteiger partial charge is 0.236 e. The number of aliphatic imine (C=N–C) groups is 1. The molecule has 80 valence electrons. The fourth-order valence-corrected chi connectivity index (χ4v) is 1.57. The summed E-state index contributed by atoms with van der Waals surface area (Å²) in [7, 11) is 0. The van der Waals surface area contributed by atoms with Crippen LogP contribution in [0.3, 0.4) is 0 Å². The van der Waals surface area contributed by atoms with Crippen LogP contribution in [0.4, 0.5) is 0 Å². The van der Waals surface area contributed by atoms with Gasteiger partial charge in [0.25, 0.3) is 0 Å². The van der Waals surface area contributed by atoms with E-state index in [1.165, 1.54) is 0 Å². The molecule has 15 heavy (non-hydrogen) atoms. The van der Waals surface area contributed by atoms with Crippen molar-refractivity contribution in [1.29, 1.82) is 0 Å². The van der Waals surface area contributed by atoms with Crippen molar-refractivity contribution in [2.45, 2.75) is 26.8 Å². The molecule has 0 aromatic carbocycles. The van der Waals surface area contributed by atoms with Crippen molar-refractivity contribution >= 4 is 5.90 Å². The minimum Gasteiger partial charge on any atom is -0.474 e. The molecule has 2 heterocycles.